The first kappa shape index (κ1) is 17.6. The van der Waals surface area contributed by atoms with Crippen molar-refractivity contribution in [3.05, 3.63) is 90.4 Å². The molecule has 0 radical (unpaired) electrons. The monoisotopic (exact) mass is 360 g/mol. The molecule has 3 aromatic rings. The number of benzene rings is 2. The van der Waals surface area contributed by atoms with E-state index in [4.69, 9.17) is 4.42 Å². The van der Waals surface area contributed by atoms with E-state index in [0.29, 0.717) is 25.7 Å². The summed E-state index contributed by atoms with van der Waals surface area (Å²) in [6.45, 7) is 1.65. The lowest BCUT2D eigenvalue weighted by Gasteiger charge is -2.27. The summed E-state index contributed by atoms with van der Waals surface area (Å²) in [5, 5.41) is 0. The Morgan fingerprint density at radius 3 is 2.22 bits per heavy atom. The molecule has 0 spiro atoms. The van der Waals surface area contributed by atoms with E-state index in [2.05, 4.69) is 17.0 Å². The van der Waals surface area contributed by atoms with Gasteiger partial charge in [0.05, 0.1) is 25.9 Å². The Hall–Kier alpha value is -2.85. The first-order valence-electron chi connectivity index (χ1n) is 9.45. The number of carbonyl (C=O) groups excluding carboxylic acids is 1. The van der Waals surface area contributed by atoms with Crippen molar-refractivity contribution in [2.75, 3.05) is 11.4 Å². The highest BCUT2D eigenvalue weighted by Gasteiger charge is 2.32. The zero-order valence-electron chi connectivity index (χ0n) is 15.3. The van der Waals surface area contributed by atoms with Gasteiger partial charge in [-0.25, -0.2) is 0 Å². The number of rotatable bonds is 8. The van der Waals surface area contributed by atoms with Crippen LogP contribution >= 0.6 is 0 Å². The maximum absolute atomic E-state index is 13.3. The Kier molecular flexibility index (Phi) is 5.35. The van der Waals surface area contributed by atoms with E-state index in [-0.39, 0.29) is 5.91 Å². The van der Waals surface area contributed by atoms with Crippen LogP contribution in [0.5, 0.6) is 0 Å². The SMILES string of the molecule is O=C(CN(Cc1ccco1)C1CC1)N(Cc1ccccc1)c1ccccc1. The third-order valence-corrected chi connectivity index (χ3v) is 4.89. The Labute approximate surface area is 160 Å². The number of anilines is 1. The summed E-state index contributed by atoms with van der Waals surface area (Å²) >= 11 is 0. The van der Waals surface area contributed by atoms with Crippen LogP contribution in [-0.4, -0.2) is 23.4 Å². The molecule has 0 N–H and O–H groups in total. The van der Waals surface area contributed by atoms with Gasteiger partial charge in [-0.3, -0.25) is 9.69 Å². The molecular weight excluding hydrogens is 336 g/mol. The Morgan fingerprint density at radius 1 is 0.889 bits per heavy atom. The molecule has 4 rings (SSSR count). The molecule has 1 heterocycles. The van der Waals surface area contributed by atoms with Gasteiger partial charge in [-0.05, 0) is 42.7 Å². The van der Waals surface area contributed by atoms with E-state index < -0.39 is 0 Å². The third-order valence-electron chi connectivity index (χ3n) is 4.89. The summed E-state index contributed by atoms with van der Waals surface area (Å²) < 4.78 is 5.50. The van der Waals surface area contributed by atoms with Crippen LogP contribution in [0.1, 0.15) is 24.2 Å². The standard InChI is InChI=1S/C23H24N2O2/c26-23(18-24(20-13-14-20)17-22-12-7-15-27-22)25(21-10-5-2-6-11-21)16-19-8-3-1-4-9-19/h1-12,15,20H,13-14,16-18H2. The highest BCUT2D eigenvalue weighted by molar-refractivity contribution is 5.94. The smallest absolute Gasteiger partial charge is 0.241 e. The van der Waals surface area contributed by atoms with Gasteiger partial charge in [0.25, 0.3) is 0 Å². The zero-order chi connectivity index (χ0) is 18.5. The molecular formula is C23H24N2O2. The summed E-state index contributed by atoms with van der Waals surface area (Å²) in [5.74, 6) is 1.02. The average molecular weight is 360 g/mol. The van der Waals surface area contributed by atoms with Crippen molar-refractivity contribution in [1.82, 2.24) is 4.90 Å². The summed E-state index contributed by atoms with van der Waals surface area (Å²) in [6.07, 6.45) is 3.99. The molecule has 1 aliphatic carbocycles. The minimum absolute atomic E-state index is 0.114. The van der Waals surface area contributed by atoms with Crippen LogP contribution in [0.15, 0.2) is 83.5 Å². The Balaban J connectivity index is 1.52. The van der Waals surface area contributed by atoms with Gasteiger partial charge in [-0.15, -0.1) is 0 Å². The topological polar surface area (TPSA) is 36.7 Å². The highest BCUT2D eigenvalue weighted by atomic mass is 16.3. The Bertz CT molecular complexity index is 843. The number of para-hydroxylation sites is 1. The molecule has 1 saturated carbocycles. The number of hydrogen-bond donors (Lipinski definition) is 0. The van der Waals surface area contributed by atoms with Gasteiger partial charge in [0.15, 0.2) is 0 Å². The van der Waals surface area contributed by atoms with Crippen LogP contribution in [0.3, 0.4) is 0 Å². The van der Waals surface area contributed by atoms with Gasteiger partial charge in [-0.2, -0.15) is 0 Å². The van der Waals surface area contributed by atoms with Crippen LogP contribution in [0.4, 0.5) is 5.69 Å². The number of furan rings is 1. The molecule has 0 saturated heterocycles. The summed E-state index contributed by atoms with van der Waals surface area (Å²) in [4.78, 5) is 17.4. The first-order valence-corrected chi connectivity index (χ1v) is 9.45. The fourth-order valence-electron chi connectivity index (χ4n) is 3.31. The van der Waals surface area contributed by atoms with Crippen molar-refractivity contribution in [3.8, 4) is 0 Å². The van der Waals surface area contributed by atoms with Crippen LogP contribution < -0.4 is 4.90 Å². The summed E-state index contributed by atoms with van der Waals surface area (Å²) in [7, 11) is 0. The number of carbonyl (C=O) groups is 1. The molecule has 138 valence electrons. The lowest BCUT2D eigenvalue weighted by molar-refractivity contribution is -0.120. The normalized spacial score (nSPS) is 13.7. The molecule has 1 fully saturated rings. The van der Waals surface area contributed by atoms with Crippen molar-refractivity contribution >= 4 is 11.6 Å². The average Bonchev–Trinajstić information content (AvgIpc) is 3.44. The predicted molar refractivity (Wildman–Crippen MR) is 106 cm³/mol. The van der Waals surface area contributed by atoms with Crippen LogP contribution in [0, 0.1) is 0 Å². The lowest BCUT2D eigenvalue weighted by Crippen LogP contribution is -2.40. The molecule has 0 bridgehead atoms. The molecule has 0 unspecified atom stereocenters. The molecule has 1 aliphatic rings. The molecule has 0 atom stereocenters. The largest absolute Gasteiger partial charge is 0.468 e. The van der Waals surface area contributed by atoms with Gasteiger partial charge in [0, 0.05) is 11.7 Å². The van der Waals surface area contributed by atoms with Gasteiger partial charge >= 0.3 is 0 Å². The zero-order valence-corrected chi connectivity index (χ0v) is 15.3. The van der Waals surface area contributed by atoms with Crippen molar-refractivity contribution in [1.29, 1.82) is 0 Å². The van der Waals surface area contributed by atoms with E-state index in [1.165, 1.54) is 0 Å². The summed E-state index contributed by atoms with van der Waals surface area (Å²) in [5.41, 5.74) is 2.05. The van der Waals surface area contributed by atoms with E-state index >= 15 is 0 Å². The van der Waals surface area contributed by atoms with Gasteiger partial charge in [-0.1, -0.05) is 48.5 Å². The quantitative estimate of drug-likeness (QED) is 0.594. The predicted octanol–water partition coefficient (Wildman–Crippen LogP) is 4.48. The maximum Gasteiger partial charge on any atom is 0.241 e. The number of nitrogens with zero attached hydrogens (tertiary/aromatic N) is 2. The Morgan fingerprint density at radius 2 is 1.59 bits per heavy atom. The van der Waals surface area contributed by atoms with Crippen LogP contribution in [-0.2, 0) is 17.9 Å². The second-order valence-corrected chi connectivity index (χ2v) is 7.02. The summed E-state index contributed by atoms with van der Waals surface area (Å²) in [6, 6.07) is 24.4. The van der Waals surface area contributed by atoms with Gasteiger partial charge in [0.1, 0.15) is 5.76 Å². The van der Waals surface area contributed by atoms with E-state index in [1.54, 1.807) is 6.26 Å². The minimum atomic E-state index is 0.114. The van der Waals surface area contributed by atoms with Crippen LogP contribution in [0.25, 0.3) is 0 Å². The highest BCUT2D eigenvalue weighted by Crippen LogP contribution is 2.29. The van der Waals surface area contributed by atoms with E-state index in [1.807, 2.05) is 65.6 Å². The molecule has 4 heteroatoms. The van der Waals surface area contributed by atoms with Crippen molar-refractivity contribution in [2.45, 2.75) is 32.0 Å². The molecule has 27 heavy (non-hydrogen) atoms. The molecule has 1 amide bonds. The molecule has 2 aromatic carbocycles. The van der Waals surface area contributed by atoms with Gasteiger partial charge in [0.2, 0.25) is 5.91 Å². The second-order valence-electron chi connectivity index (χ2n) is 7.02. The molecule has 1 aromatic heterocycles. The minimum Gasteiger partial charge on any atom is -0.468 e. The fraction of sp³-hybridized carbons (Fsp3) is 0.261. The van der Waals surface area contributed by atoms with Crippen molar-refractivity contribution in [3.63, 3.8) is 0 Å². The van der Waals surface area contributed by atoms with E-state index in [0.717, 1.165) is 29.9 Å². The second kappa shape index (κ2) is 8.23. The van der Waals surface area contributed by atoms with Crippen molar-refractivity contribution < 1.29 is 9.21 Å². The first-order chi connectivity index (χ1) is 13.3. The van der Waals surface area contributed by atoms with E-state index in [9.17, 15) is 4.79 Å². The lowest BCUT2D eigenvalue weighted by atomic mass is 10.2. The molecule has 0 aliphatic heterocycles. The van der Waals surface area contributed by atoms with Crippen LogP contribution in [0.2, 0.25) is 0 Å². The van der Waals surface area contributed by atoms with Crippen molar-refractivity contribution in [2.24, 2.45) is 0 Å². The molecule has 4 nitrogen and oxygen atoms in total. The maximum atomic E-state index is 13.3. The number of hydrogen-bond acceptors (Lipinski definition) is 3. The third kappa shape index (κ3) is 4.66. The van der Waals surface area contributed by atoms with Gasteiger partial charge < -0.3 is 9.32 Å². The number of amides is 1. The fourth-order valence-corrected chi connectivity index (χ4v) is 3.31.